The summed E-state index contributed by atoms with van der Waals surface area (Å²) >= 11 is 11.4. The third kappa shape index (κ3) is 4.54. The molecule has 2 aromatic rings. The van der Waals surface area contributed by atoms with Crippen LogP contribution >= 0.6 is 23.2 Å². The highest BCUT2D eigenvalue weighted by molar-refractivity contribution is 6.33. The molecule has 0 spiro atoms. The number of pyridine rings is 2. The van der Waals surface area contributed by atoms with Gasteiger partial charge in [-0.3, -0.25) is 20.1 Å². The van der Waals surface area contributed by atoms with E-state index in [4.69, 9.17) is 28.9 Å². The molecule has 0 aliphatic rings. The average molecular weight is 343 g/mol. The van der Waals surface area contributed by atoms with E-state index in [1.165, 1.54) is 6.07 Å². The van der Waals surface area contributed by atoms with Gasteiger partial charge in [0, 0.05) is 11.4 Å². The molecule has 0 fully saturated rings. The first kappa shape index (κ1) is 18.1. The summed E-state index contributed by atoms with van der Waals surface area (Å²) in [4.78, 5) is 18.0. The fraction of sp³-hybridized carbons (Fsp3) is 0.286. The van der Waals surface area contributed by atoms with Crippen molar-refractivity contribution >= 4 is 34.6 Å². The summed E-state index contributed by atoms with van der Waals surface area (Å²) in [6.07, 6.45) is 0. The highest BCUT2D eigenvalue weighted by Crippen LogP contribution is 2.26. The summed E-state index contributed by atoms with van der Waals surface area (Å²) < 4.78 is 0. The number of aromatic nitrogens is 2. The van der Waals surface area contributed by atoms with Crippen molar-refractivity contribution in [2.45, 2.75) is 27.7 Å². The fourth-order valence-corrected chi connectivity index (χ4v) is 2.44. The van der Waals surface area contributed by atoms with Crippen LogP contribution < -0.4 is 5.73 Å². The summed E-state index contributed by atoms with van der Waals surface area (Å²) in [5, 5.41) is 11.2. The van der Waals surface area contributed by atoms with Crippen molar-refractivity contribution in [3.63, 3.8) is 0 Å². The second kappa shape index (κ2) is 7.38. The molecule has 0 aromatic carbocycles. The second-order valence-electron chi connectivity index (χ2n) is 4.68. The first-order valence-electron chi connectivity index (χ1n) is 6.30. The predicted molar refractivity (Wildman–Crippen MR) is 88.5 cm³/mol. The zero-order valence-corrected chi connectivity index (χ0v) is 14.2. The number of nitrogens with zero attached hydrogens (tertiary/aromatic N) is 3. The van der Waals surface area contributed by atoms with E-state index in [9.17, 15) is 10.1 Å². The van der Waals surface area contributed by atoms with E-state index in [0.717, 1.165) is 11.4 Å². The van der Waals surface area contributed by atoms with Gasteiger partial charge in [0.15, 0.2) is 0 Å². The van der Waals surface area contributed by atoms with Crippen molar-refractivity contribution in [3.8, 4) is 0 Å². The Morgan fingerprint density at radius 2 is 1.45 bits per heavy atom. The summed E-state index contributed by atoms with van der Waals surface area (Å²) in [5.41, 5.74) is 8.75. The Morgan fingerprint density at radius 3 is 1.86 bits per heavy atom. The maximum absolute atomic E-state index is 10.4. The van der Waals surface area contributed by atoms with Crippen LogP contribution in [0.25, 0.3) is 0 Å². The van der Waals surface area contributed by atoms with Crippen molar-refractivity contribution in [1.82, 2.24) is 9.97 Å². The Morgan fingerprint density at radius 1 is 1.00 bits per heavy atom. The molecule has 2 heterocycles. The average Bonchev–Trinajstić information content (AvgIpc) is 2.34. The maximum Gasteiger partial charge on any atom is 0.308 e. The van der Waals surface area contributed by atoms with E-state index in [-0.39, 0.29) is 10.7 Å². The molecule has 0 atom stereocenters. The SMILES string of the molecule is Cc1cc(Cl)c(N)c(C)n1.Cc1cc(Cl)c([N+](=O)[O-])c(C)n1. The number of halogens is 2. The zero-order valence-electron chi connectivity index (χ0n) is 12.6. The summed E-state index contributed by atoms with van der Waals surface area (Å²) in [6.45, 7) is 7.03. The van der Waals surface area contributed by atoms with Crippen LogP contribution in [0.4, 0.5) is 11.4 Å². The summed E-state index contributed by atoms with van der Waals surface area (Å²) in [5.74, 6) is 0. The summed E-state index contributed by atoms with van der Waals surface area (Å²) in [6, 6.07) is 3.23. The molecular formula is C14H16Cl2N4O2. The van der Waals surface area contributed by atoms with Crippen LogP contribution in [0.3, 0.4) is 0 Å². The van der Waals surface area contributed by atoms with Crippen LogP contribution in [0.15, 0.2) is 12.1 Å². The van der Waals surface area contributed by atoms with Gasteiger partial charge >= 0.3 is 5.69 Å². The number of hydrogen-bond acceptors (Lipinski definition) is 5. The van der Waals surface area contributed by atoms with Gasteiger partial charge in [-0.25, -0.2) is 0 Å². The topological polar surface area (TPSA) is 94.9 Å². The molecule has 0 aliphatic heterocycles. The van der Waals surface area contributed by atoms with Gasteiger partial charge in [0.25, 0.3) is 0 Å². The molecule has 0 saturated heterocycles. The van der Waals surface area contributed by atoms with Crippen molar-refractivity contribution < 1.29 is 4.92 Å². The highest BCUT2D eigenvalue weighted by atomic mass is 35.5. The number of anilines is 1. The van der Waals surface area contributed by atoms with Gasteiger partial charge in [-0.15, -0.1) is 0 Å². The molecule has 6 nitrogen and oxygen atoms in total. The lowest BCUT2D eigenvalue weighted by Gasteiger charge is -2.01. The number of hydrogen-bond donors (Lipinski definition) is 1. The molecule has 0 saturated carbocycles. The molecule has 22 heavy (non-hydrogen) atoms. The lowest BCUT2D eigenvalue weighted by atomic mass is 10.3. The lowest BCUT2D eigenvalue weighted by Crippen LogP contribution is -1.96. The van der Waals surface area contributed by atoms with E-state index >= 15 is 0 Å². The number of aryl methyl sites for hydroxylation is 4. The third-order valence-corrected chi connectivity index (χ3v) is 3.36. The minimum absolute atomic E-state index is 0.109. The second-order valence-corrected chi connectivity index (χ2v) is 5.50. The van der Waals surface area contributed by atoms with Crippen LogP contribution in [0.2, 0.25) is 10.0 Å². The van der Waals surface area contributed by atoms with Gasteiger partial charge in [-0.1, -0.05) is 23.2 Å². The predicted octanol–water partition coefficient (Wildman–Crippen LogP) is 4.19. The minimum atomic E-state index is -0.524. The minimum Gasteiger partial charge on any atom is -0.396 e. The third-order valence-electron chi connectivity index (χ3n) is 2.76. The molecule has 2 rings (SSSR count). The Balaban J connectivity index is 0.000000224. The quantitative estimate of drug-likeness (QED) is 0.619. The number of nitrogens with two attached hydrogens (primary N) is 1. The van der Waals surface area contributed by atoms with Gasteiger partial charge < -0.3 is 5.73 Å². The van der Waals surface area contributed by atoms with Crippen molar-refractivity contribution in [3.05, 3.63) is 55.1 Å². The Bertz CT molecular complexity index is 674. The molecule has 118 valence electrons. The molecule has 2 aromatic heterocycles. The molecule has 2 N–H and O–H groups in total. The smallest absolute Gasteiger partial charge is 0.308 e. The van der Waals surface area contributed by atoms with Gasteiger partial charge in [-0.2, -0.15) is 0 Å². The monoisotopic (exact) mass is 342 g/mol. The van der Waals surface area contributed by atoms with Crippen molar-refractivity contribution in [2.24, 2.45) is 0 Å². The lowest BCUT2D eigenvalue weighted by molar-refractivity contribution is -0.385. The molecule has 0 unspecified atom stereocenters. The summed E-state index contributed by atoms with van der Waals surface area (Å²) in [7, 11) is 0. The van der Waals surface area contributed by atoms with Gasteiger partial charge in [0.2, 0.25) is 0 Å². The number of nitro groups is 1. The molecule has 0 amide bonds. The zero-order chi connectivity index (χ0) is 17.0. The number of nitrogen functional groups attached to an aromatic ring is 1. The van der Waals surface area contributed by atoms with E-state index in [1.54, 1.807) is 19.9 Å². The van der Waals surface area contributed by atoms with E-state index in [1.807, 2.05) is 13.8 Å². The van der Waals surface area contributed by atoms with Gasteiger partial charge in [0.05, 0.1) is 21.3 Å². The molecule has 8 heteroatoms. The Kier molecular flexibility index (Phi) is 6.08. The maximum atomic E-state index is 10.4. The first-order valence-corrected chi connectivity index (χ1v) is 7.06. The van der Waals surface area contributed by atoms with Crippen LogP contribution in [0.1, 0.15) is 22.8 Å². The van der Waals surface area contributed by atoms with E-state index < -0.39 is 4.92 Å². The molecule has 0 bridgehead atoms. The molecular weight excluding hydrogens is 327 g/mol. The van der Waals surface area contributed by atoms with E-state index in [0.29, 0.717) is 22.1 Å². The number of rotatable bonds is 1. The Labute approximate surface area is 138 Å². The Hall–Kier alpha value is -1.92. The van der Waals surface area contributed by atoms with Crippen LogP contribution in [-0.4, -0.2) is 14.9 Å². The normalized spacial score (nSPS) is 9.91. The van der Waals surface area contributed by atoms with Crippen molar-refractivity contribution in [1.29, 1.82) is 0 Å². The molecule has 0 radical (unpaired) electrons. The molecule has 0 aliphatic carbocycles. The van der Waals surface area contributed by atoms with Crippen molar-refractivity contribution in [2.75, 3.05) is 5.73 Å². The standard InChI is InChI=1S/C7H7ClN2O2.C7H9ClN2/c1-4-3-6(8)7(10(11)12)5(2)9-4;1-4-3-6(8)7(9)5(2)10-4/h3H,1-2H3;3H,9H2,1-2H3. The van der Waals surface area contributed by atoms with Crippen LogP contribution in [0, 0.1) is 37.8 Å². The highest BCUT2D eigenvalue weighted by Gasteiger charge is 2.17. The van der Waals surface area contributed by atoms with Crippen LogP contribution in [-0.2, 0) is 0 Å². The van der Waals surface area contributed by atoms with Crippen LogP contribution in [0.5, 0.6) is 0 Å². The van der Waals surface area contributed by atoms with Gasteiger partial charge in [0.1, 0.15) is 10.7 Å². The largest absolute Gasteiger partial charge is 0.396 e. The fourth-order valence-electron chi connectivity index (χ4n) is 1.78. The van der Waals surface area contributed by atoms with E-state index in [2.05, 4.69) is 9.97 Å². The first-order chi connectivity index (χ1) is 10.1. The van der Waals surface area contributed by atoms with Gasteiger partial charge in [-0.05, 0) is 39.8 Å².